The third-order valence-corrected chi connectivity index (χ3v) is 2.75. The van der Waals surface area contributed by atoms with Crippen molar-refractivity contribution >= 4 is 15.9 Å². The lowest BCUT2D eigenvalue weighted by atomic mass is 10.0. The van der Waals surface area contributed by atoms with Crippen LogP contribution in [0.25, 0.3) is 0 Å². The first-order valence-electron chi connectivity index (χ1n) is 3.57. The highest BCUT2D eigenvalue weighted by Crippen LogP contribution is 2.27. The van der Waals surface area contributed by atoms with Crippen LogP contribution in [0.15, 0.2) is 24.3 Å². The van der Waals surface area contributed by atoms with Gasteiger partial charge >= 0.3 is 0 Å². The average molecular weight is 235 g/mol. The van der Waals surface area contributed by atoms with Gasteiger partial charge in [-0.25, -0.2) is 8.78 Å². The van der Waals surface area contributed by atoms with Gasteiger partial charge < -0.3 is 0 Å². The first-order chi connectivity index (χ1) is 5.56. The van der Waals surface area contributed by atoms with E-state index in [9.17, 15) is 8.78 Å². The molecule has 0 saturated heterocycles. The summed E-state index contributed by atoms with van der Waals surface area (Å²) in [4.78, 5) is 0. The smallest absolute Gasteiger partial charge is 0.142 e. The van der Waals surface area contributed by atoms with Crippen molar-refractivity contribution in [3.8, 4) is 0 Å². The number of halogens is 3. The van der Waals surface area contributed by atoms with Crippen LogP contribution in [-0.4, -0.2) is 5.33 Å². The van der Waals surface area contributed by atoms with E-state index in [4.69, 9.17) is 0 Å². The molecule has 0 aliphatic carbocycles. The van der Waals surface area contributed by atoms with E-state index in [1.165, 1.54) is 31.2 Å². The second kappa shape index (κ2) is 3.52. The predicted octanol–water partition coefficient (Wildman–Crippen LogP) is 3.41. The molecule has 0 amide bonds. The summed E-state index contributed by atoms with van der Waals surface area (Å²) in [6.45, 7) is 1.45. The molecule has 1 aromatic carbocycles. The van der Waals surface area contributed by atoms with Crippen LogP contribution in [0.4, 0.5) is 8.78 Å². The van der Waals surface area contributed by atoms with E-state index in [2.05, 4.69) is 15.9 Å². The summed E-state index contributed by atoms with van der Waals surface area (Å²) in [5.41, 5.74) is -0.936. The fraction of sp³-hybridized carbons (Fsp3) is 0.333. The molecule has 0 saturated carbocycles. The molecular weight excluding hydrogens is 226 g/mol. The molecule has 1 rings (SSSR count). The van der Waals surface area contributed by atoms with Crippen molar-refractivity contribution in [1.29, 1.82) is 0 Å². The third kappa shape index (κ3) is 2.03. The van der Waals surface area contributed by atoms with Crippen molar-refractivity contribution in [1.82, 2.24) is 0 Å². The van der Waals surface area contributed by atoms with Gasteiger partial charge in [-0.15, -0.1) is 0 Å². The first-order valence-corrected chi connectivity index (χ1v) is 4.69. The minimum Gasteiger partial charge on any atom is -0.238 e. The molecule has 0 fully saturated rings. The summed E-state index contributed by atoms with van der Waals surface area (Å²) < 4.78 is 26.0. The van der Waals surface area contributed by atoms with Crippen molar-refractivity contribution in [2.75, 3.05) is 5.33 Å². The second-order valence-electron chi connectivity index (χ2n) is 2.84. The van der Waals surface area contributed by atoms with E-state index in [0.29, 0.717) is 5.56 Å². The number of rotatable bonds is 2. The van der Waals surface area contributed by atoms with Gasteiger partial charge in [0.05, 0.1) is 0 Å². The molecule has 1 unspecified atom stereocenters. The summed E-state index contributed by atoms with van der Waals surface area (Å²) in [6, 6.07) is 5.43. The Morgan fingerprint density at radius 2 is 1.83 bits per heavy atom. The Morgan fingerprint density at radius 3 is 2.25 bits per heavy atom. The maximum absolute atomic E-state index is 13.5. The van der Waals surface area contributed by atoms with Gasteiger partial charge in [0.25, 0.3) is 0 Å². The Labute approximate surface area is 78.7 Å². The van der Waals surface area contributed by atoms with Gasteiger partial charge in [-0.1, -0.05) is 28.1 Å². The van der Waals surface area contributed by atoms with Crippen LogP contribution >= 0.6 is 15.9 Å². The zero-order chi connectivity index (χ0) is 9.19. The number of hydrogen-bond donors (Lipinski definition) is 0. The molecule has 0 radical (unpaired) electrons. The zero-order valence-electron chi connectivity index (χ0n) is 6.65. The van der Waals surface area contributed by atoms with Gasteiger partial charge in [0.2, 0.25) is 0 Å². The van der Waals surface area contributed by atoms with Gasteiger partial charge in [-0.05, 0) is 24.6 Å². The summed E-state index contributed by atoms with van der Waals surface area (Å²) in [7, 11) is 0. The lowest BCUT2D eigenvalue weighted by Gasteiger charge is -2.17. The molecule has 1 aromatic rings. The molecule has 0 aliphatic rings. The predicted molar refractivity (Wildman–Crippen MR) is 48.7 cm³/mol. The SMILES string of the molecule is CC(F)(CBr)c1ccc(F)cc1. The molecule has 12 heavy (non-hydrogen) atoms. The number of alkyl halides is 2. The van der Waals surface area contributed by atoms with Crippen LogP contribution in [0.5, 0.6) is 0 Å². The van der Waals surface area contributed by atoms with Gasteiger partial charge in [-0.3, -0.25) is 0 Å². The minimum absolute atomic E-state index is 0.214. The quantitative estimate of drug-likeness (QED) is 0.689. The maximum atomic E-state index is 13.5. The van der Waals surface area contributed by atoms with Gasteiger partial charge in [0.15, 0.2) is 0 Å². The van der Waals surface area contributed by atoms with E-state index in [1.807, 2.05) is 0 Å². The van der Waals surface area contributed by atoms with E-state index in [0.717, 1.165) is 0 Å². The standard InChI is InChI=1S/C9H9BrF2/c1-9(12,6-10)7-2-4-8(11)5-3-7/h2-5H,6H2,1H3. The van der Waals surface area contributed by atoms with Crippen LogP contribution in [0, 0.1) is 5.82 Å². The lowest BCUT2D eigenvalue weighted by Crippen LogP contribution is -2.16. The Morgan fingerprint density at radius 1 is 1.33 bits per heavy atom. The summed E-state index contributed by atoms with van der Waals surface area (Å²) in [5, 5.41) is 0.214. The van der Waals surface area contributed by atoms with Crippen molar-refractivity contribution in [2.24, 2.45) is 0 Å². The molecule has 0 heterocycles. The van der Waals surface area contributed by atoms with E-state index >= 15 is 0 Å². The Kier molecular flexibility index (Phi) is 2.83. The van der Waals surface area contributed by atoms with Crippen molar-refractivity contribution in [3.05, 3.63) is 35.6 Å². The molecule has 0 bridgehead atoms. The van der Waals surface area contributed by atoms with Crippen LogP contribution in [0.3, 0.4) is 0 Å². The number of benzene rings is 1. The highest BCUT2D eigenvalue weighted by Gasteiger charge is 2.23. The van der Waals surface area contributed by atoms with Crippen molar-refractivity contribution < 1.29 is 8.78 Å². The molecule has 0 aromatic heterocycles. The fourth-order valence-electron chi connectivity index (χ4n) is 0.875. The molecular formula is C9H9BrF2. The molecule has 0 nitrogen and oxygen atoms in total. The normalized spacial score (nSPS) is 15.7. The van der Waals surface area contributed by atoms with Crippen LogP contribution in [0.2, 0.25) is 0 Å². The molecule has 0 N–H and O–H groups in total. The van der Waals surface area contributed by atoms with E-state index < -0.39 is 5.67 Å². The van der Waals surface area contributed by atoms with Gasteiger partial charge in [0.1, 0.15) is 11.5 Å². The Balaban J connectivity index is 2.96. The lowest BCUT2D eigenvalue weighted by molar-refractivity contribution is 0.230. The minimum atomic E-state index is -1.42. The summed E-state index contributed by atoms with van der Waals surface area (Å²) in [6.07, 6.45) is 0. The van der Waals surface area contributed by atoms with Crippen molar-refractivity contribution in [2.45, 2.75) is 12.6 Å². The van der Waals surface area contributed by atoms with Gasteiger partial charge in [0, 0.05) is 5.33 Å². The van der Waals surface area contributed by atoms with E-state index in [1.54, 1.807) is 0 Å². The summed E-state index contributed by atoms with van der Waals surface area (Å²) >= 11 is 3.06. The summed E-state index contributed by atoms with van der Waals surface area (Å²) in [5.74, 6) is -0.343. The number of hydrogen-bond acceptors (Lipinski definition) is 0. The average Bonchev–Trinajstić information content (AvgIpc) is 2.05. The van der Waals surface area contributed by atoms with Crippen LogP contribution < -0.4 is 0 Å². The van der Waals surface area contributed by atoms with Gasteiger partial charge in [-0.2, -0.15) is 0 Å². The molecule has 1 atom stereocenters. The van der Waals surface area contributed by atoms with Crippen LogP contribution in [-0.2, 0) is 5.67 Å². The zero-order valence-corrected chi connectivity index (χ0v) is 8.24. The molecule has 0 spiro atoms. The Hall–Kier alpha value is -0.440. The maximum Gasteiger partial charge on any atom is 0.142 e. The monoisotopic (exact) mass is 234 g/mol. The second-order valence-corrected chi connectivity index (χ2v) is 3.40. The van der Waals surface area contributed by atoms with Crippen molar-refractivity contribution in [3.63, 3.8) is 0 Å². The fourth-order valence-corrected chi connectivity index (χ4v) is 1.20. The third-order valence-electron chi connectivity index (χ3n) is 1.70. The molecule has 0 aliphatic heterocycles. The first kappa shape index (κ1) is 9.65. The Bertz CT molecular complexity index is 254. The highest BCUT2D eigenvalue weighted by molar-refractivity contribution is 9.09. The molecule has 3 heteroatoms. The highest BCUT2D eigenvalue weighted by atomic mass is 79.9. The topological polar surface area (TPSA) is 0 Å². The van der Waals surface area contributed by atoms with E-state index in [-0.39, 0.29) is 11.1 Å². The molecule has 66 valence electrons. The largest absolute Gasteiger partial charge is 0.238 e. The van der Waals surface area contributed by atoms with Crippen LogP contribution in [0.1, 0.15) is 12.5 Å².